The normalized spacial score (nSPS) is 10.4. The third kappa shape index (κ3) is 4.38. The minimum atomic E-state index is -0.210. The van der Waals surface area contributed by atoms with Gasteiger partial charge in [-0.3, -0.25) is 0 Å². The summed E-state index contributed by atoms with van der Waals surface area (Å²) in [5, 5.41) is 0. The van der Waals surface area contributed by atoms with Crippen molar-refractivity contribution < 1.29 is 9.13 Å². The van der Waals surface area contributed by atoms with E-state index in [1.807, 2.05) is 24.3 Å². The van der Waals surface area contributed by atoms with Gasteiger partial charge < -0.3 is 15.4 Å². The van der Waals surface area contributed by atoms with Gasteiger partial charge in [0.1, 0.15) is 11.6 Å². The number of nitrogen functional groups attached to an aromatic ring is 1. The smallest absolute Gasteiger partial charge is 0.142 e. The number of hydrogen-bond acceptors (Lipinski definition) is 3. The van der Waals surface area contributed by atoms with Crippen molar-refractivity contribution in [3.63, 3.8) is 0 Å². The topological polar surface area (TPSA) is 38.5 Å². The Morgan fingerprint density at radius 1 is 1.10 bits per heavy atom. The third-order valence-corrected chi connectivity index (χ3v) is 3.32. The first-order valence-electron chi connectivity index (χ1n) is 7.18. The SMILES string of the molecule is CCN(CCCOc1ccccc1N)c1ccc(F)cc1. The van der Waals surface area contributed by atoms with Gasteiger partial charge in [0, 0.05) is 18.8 Å². The van der Waals surface area contributed by atoms with Crippen LogP contribution in [0.1, 0.15) is 13.3 Å². The summed E-state index contributed by atoms with van der Waals surface area (Å²) in [6.07, 6.45) is 0.875. The maximum absolute atomic E-state index is 12.9. The number of nitrogens with two attached hydrogens (primary N) is 1. The fourth-order valence-corrected chi connectivity index (χ4v) is 2.17. The maximum Gasteiger partial charge on any atom is 0.142 e. The van der Waals surface area contributed by atoms with Gasteiger partial charge in [-0.2, -0.15) is 0 Å². The van der Waals surface area contributed by atoms with Gasteiger partial charge >= 0.3 is 0 Å². The average molecular weight is 288 g/mol. The quantitative estimate of drug-likeness (QED) is 0.623. The van der Waals surface area contributed by atoms with E-state index in [1.165, 1.54) is 12.1 Å². The summed E-state index contributed by atoms with van der Waals surface area (Å²) in [6.45, 7) is 4.42. The van der Waals surface area contributed by atoms with Crippen LogP contribution in [-0.2, 0) is 0 Å². The number of anilines is 2. The van der Waals surface area contributed by atoms with Crippen LogP contribution >= 0.6 is 0 Å². The molecule has 0 spiro atoms. The summed E-state index contributed by atoms with van der Waals surface area (Å²) < 4.78 is 18.6. The van der Waals surface area contributed by atoms with E-state index in [4.69, 9.17) is 10.5 Å². The van der Waals surface area contributed by atoms with Crippen molar-refractivity contribution in [2.45, 2.75) is 13.3 Å². The number of para-hydroxylation sites is 2. The van der Waals surface area contributed by atoms with Crippen molar-refractivity contribution in [2.24, 2.45) is 0 Å². The monoisotopic (exact) mass is 288 g/mol. The number of halogens is 1. The molecule has 0 bridgehead atoms. The molecule has 2 N–H and O–H groups in total. The highest BCUT2D eigenvalue weighted by Gasteiger charge is 2.05. The van der Waals surface area contributed by atoms with Crippen molar-refractivity contribution in [2.75, 3.05) is 30.3 Å². The van der Waals surface area contributed by atoms with Gasteiger partial charge in [0.15, 0.2) is 0 Å². The molecule has 0 aliphatic heterocycles. The van der Waals surface area contributed by atoms with Gasteiger partial charge in [0.05, 0.1) is 12.3 Å². The second kappa shape index (κ2) is 7.53. The summed E-state index contributed by atoms with van der Waals surface area (Å²) in [6, 6.07) is 14.1. The van der Waals surface area contributed by atoms with E-state index in [9.17, 15) is 4.39 Å². The molecule has 21 heavy (non-hydrogen) atoms. The lowest BCUT2D eigenvalue weighted by Gasteiger charge is -2.23. The fraction of sp³-hybridized carbons (Fsp3) is 0.294. The van der Waals surface area contributed by atoms with Crippen LogP contribution in [0.5, 0.6) is 5.75 Å². The first-order chi connectivity index (χ1) is 10.2. The average Bonchev–Trinajstić information content (AvgIpc) is 2.50. The van der Waals surface area contributed by atoms with E-state index in [-0.39, 0.29) is 5.82 Å². The van der Waals surface area contributed by atoms with Gasteiger partial charge in [-0.05, 0) is 49.7 Å². The van der Waals surface area contributed by atoms with Crippen molar-refractivity contribution in [3.8, 4) is 5.75 Å². The Balaban J connectivity index is 1.81. The fourth-order valence-electron chi connectivity index (χ4n) is 2.17. The molecule has 0 aromatic heterocycles. The van der Waals surface area contributed by atoms with Gasteiger partial charge in [-0.1, -0.05) is 12.1 Å². The Kier molecular flexibility index (Phi) is 5.43. The van der Waals surface area contributed by atoms with Crippen molar-refractivity contribution in [3.05, 3.63) is 54.3 Å². The number of nitrogens with zero attached hydrogens (tertiary/aromatic N) is 1. The Hall–Kier alpha value is -2.23. The molecule has 0 fully saturated rings. The van der Waals surface area contributed by atoms with Gasteiger partial charge in [0.2, 0.25) is 0 Å². The third-order valence-electron chi connectivity index (χ3n) is 3.32. The number of rotatable bonds is 7. The number of ether oxygens (including phenoxy) is 1. The van der Waals surface area contributed by atoms with Gasteiger partial charge in [0.25, 0.3) is 0 Å². The largest absolute Gasteiger partial charge is 0.491 e. The van der Waals surface area contributed by atoms with Crippen LogP contribution in [0.25, 0.3) is 0 Å². The molecule has 3 nitrogen and oxygen atoms in total. The predicted octanol–water partition coefficient (Wildman–Crippen LogP) is 3.70. The molecule has 0 amide bonds. The Labute approximate surface area is 125 Å². The molecule has 0 radical (unpaired) electrons. The number of hydrogen-bond donors (Lipinski definition) is 1. The van der Waals surface area contributed by atoms with Crippen LogP contribution < -0.4 is 15.4 Å². The van der Waals surface area contributed by atoms with Crippen LogP contribution in [0.2, 0.25) is 0 Å². The molecule has 0 aliphatic rings. The van der Waals surface area contributed by atoms with Crippen LogP contribution in [0, 0.1) is 5.82 Å². The lowest BCUT2D eigenvalue weighted by Crippen LogP contribution is -2.25. The molecule has 2 rings (SSSR count). The van der Waals surface area contributed by atoms with E-state index in [0.29, 0.717) is 12.3 Å². The second-order valence-corrected chi connectivity index (χ2v) is 4.80. The van der Waals surface area contributed by atoms with E-state index in [0.717, 1.165) is 30.9 Å². The van der Waals surface area contributed by atoms with Crippen LogP contribution in [0.4, 0.5) is 15.8 Å². The summed E-state index contributed by atoms with van der Waals surface area (Å²) in [5.41, 5.74) is 7.50. The Morgan fingerprint density at radius 2 is 1.81 bits per heavy atom. The summed E-state index contributed by atoms with van der Waals surface area (Å²) in [4.78, 5) is 2.19. The van der Waals surface area contributed by atoms with Crippen LogP contribution in [-0.4, -0.2) is 19.7 Å². The molecule has 4 heteroatoms. The van der Waals surface area contributed by atoms with E-state index in [2.05, 4.69) is 11.8 Å². The molecule has 112 valence electrons. The van der Waals surface area contributed by atoms with E-state index >= 15 is 0 Å². The molecule has 0 unspecified atom stereocenters. The predicted molar refractivity (Wildman–Crippen MR) is 85.3 cm³/mol. The number of benzene rings is 2. The minimum Gasteiger partial charge on any atom is -0.491 e. The first-order valence-corrected chi connectivity index (χ1v) is 7.18. The zero-order valence-corrected chi connectivity index (χ0v) is 12.3. The zero-order chi connectivity index (χ0) is 15.1. The second-order valence-electron chi connectivity index (χ2n) is 4.80. The molecule has 2 aromatic carbocycles. The molecule has 0 saturated carbocycles. The summed E-state index contributed by atoms with van der Waals surface area (Å²) >= 11 is 0. The van der Waals surface area contributed by atoms with E-state index < -0.39 is 0 Å². The first kappa shape index (κ1) is 15.2. The molecular formula is C17H21FN2O. The molecule has 0 aliphatic carbocycles. The molecule has 0 saturated heterocycles. The van der Waals surface area contributed by atoms with Crippen LogP contribution in [0.3, 0.4) is 0 Å². The highest BCUT2D eigenvalue weighted by atomic mass is 19.1. The maximum atomic E-state index is 12.9. The Bertz CT molecular complexity index is 557. The lowest BCUT2D eigenvalue weighted by atomic mass is 10.2. The minimum absolute atomic E-state index is 0.210. The molecular weight excluding hydrogens is 267 g/mol. The molecule has 0 heterocycles. The standard InChI is InChI=1S/C17H21FN2O/c1-2-20(15-10-8-14(18)9-11-15)12-5-13-21-17-7-4-3-6-16(17)19/h3-4,6-11H,2,5,12-13,19H2,1H3. The highest BCUT2D eigenvalue weighted by molar-refractivity contribution is 5.51. The van der Waals surface area contributed by atoms with Crippen molar-refractivity contribution in [1.82, 2.24) is 0 Å². The van der Waals surface area contributed by atoms with E-state index in [1.54, 1.807) is 12.1 Å². The zero-order valence-electron chi connectivity index (χ0n) is 12.3. The lowest BCUT2D eigenvalue weighted by molar-refractivity contribution is 0.313. The molecule has 2 aromatic rings. The highest BCUT2D eigenvalue weighted by Crippen LogP contribution is 2.20. The Morgan fingerprint density at radius 3 is 2.48 bits per heavy atom. The molecule has 0 atom stereocenters. The summed E-state index contributed by atoms with van der Waals surface area (Å²) in [7, 11) is 0. The summed E-state index contributed by atoms with van der Waals surface area (Å²) in [5.74, 6) is 0.514. The van der Waals surface area contributed by atoms with Gasteiger partial charge in [-0.25, -0.2) is 4.39 Å². The van der Waals surface area contributed by atoms with Gasteiger partial charge in [-0.15, -0.1) is 0 Å². The van der Waals surface area contributed by atoms with Crippen molar-refractivity contribution >= 4 is 11.4 Å². The van der Waals surface area contributed by atoms with Crippen molar-refractivity contribution in [1.29, 1.82) is 0 Å². The van der Waals surface area contributed by atoms with Crippen LogP contribution in [0.15, 0.2) is 48.5 Å².